The van der Waals surface area contributed by atoms with E-state index in [1.165, 1.54) is 36.4 Å². The Kier molecular flexibility index (Phi) is 4.67. The van der Waals surface area contributed by atoms with Crippen LogP contribution in [-0.2, 0) is 11.3 Å². The predicted molar refractivity (Wildman–Crippen MR) is 92.6 cm³/mol. The summed E-state index contributed by atoms with van der Waals surface area (Å²) in [5, 5.41) is 3.64. The summed E-state index contributed by atoms with van der Waals surface area (Å²) >= 11 is 1.87. The van der Waals surface area contributed by atoms with E-state index in [9.17, 15) is 4.79 Å². The average molecular weight is 334 g/mol. The third-order valence-corrected chi connectivity index (χ3v) is 6.82. The van der Waals surface area contributed by atoms with Crippen molar-refractivity contribution in [1.82, 2.24) is 14.8 Å². The Hall–Kier alpha value is -0.940. The monoisotopic (exact) mass is 333 g/mol. The molecule has 2 saturated heterocycles. The minimum absolute atomic E-state index is 0.379. The fourth-order valence-corrected chi connectivity index (χ4v) is 5.41. The van der Waals surface area contributed by atoms with Crippen LogP contribution in [0.1, 0.15) is 68.0 Å². The van der Waals surface area contributed by atoms with E-state index < -0.39 is 0 Å². The van der Waals surface area contributed by atoms with Crippen molar-refractivity contribution in [2.75, 3.05) is 19.6 Å². The normalized spacial score (nSPS) is 24.9. The molecule has 4 rings (SSSR count). The van der Waals surface area contributed by atoms with Gasteiger partial charge in [0, 0.05) is 49.9 Å². The Morgan fingerprint density at radius 1 is 1.09 bits per heavy atom. The maximum Gasteiger partial charge on any atom is 0.222 e. The first kappa shape index (κ1) is 15.6. The fourth-order valence-electron chi connectivity index (χ4n) is 4.43. The van der Waals surface area contributed by atoms with Crippen LogP contribution in [0.2, 0.25) is 0 Å². The molecule has 2 aliphatic heterocycles. The Bertz CT molecular complexity index is 544. The van der Waals surface area contributed by atoms with Crippen molar-refractivity contribution in [3.8, 4) is 0 Å². The Morgan fingerprint density at radius 3 is 2.57 bits per heavy atom. The minimum atomic E-state index is 0.379. The number of hydrogen-bond donors (Lipinski definition) is 0. The van der Waals surface area contributed by atoms with Crippen LogP contribution in [0.25, 0.3) is 0 Å². The highest BCUT2D eigenvalue weighted by Crippen LogP contribution is 2.35. The van der Waals surface area contributed by atoms with Crippen LogP contribution in [-0.4, -0.2) is 46.4 Å². The zero-order valence-electron chi connectivity index (χ0n) is 13.9. The second-order valence-electron chi connectivity index (χ2n) is 7.36. The van der Waals surface area contributed by atoms with Crippen LogP contribution in [0.5, 0.6) is 0 Å². The molecule has 3 fully saturated rings. The largest absolute Gasteiger partial charge is 0.340 e. The lowest BCUT2D eigenvalue weighted by Gasteiger charge is -2.36. The van der Waals surface area contributed by atoms with Crippen molar-refractivity contribution in [2.24, 2.45) is 0 Å². The first-order valence-corrected chi connectivity index (χ1v) is 10.1. The molecule has 1 aromatic heterocycles. The van der Waals surface area contributed by atoms with Gasteiger partial charge in [0.2, 0.25) is 5.91 Å². The summed E-state index contributed by atoms with van der Waals surface area (Å²) in [6, 6.07) is 0.491. The van der Waals surface area contributed by atoms with Gasteiger partial charge in [-0.3, -0.25) is 9.69 Å². The van der Waals surface area contributed by atoms with Crippen LogP contribution in [0.4, 0.5) is 0 Å². The zero-order valence-corrected chi connectivity index (χ0v) is 14.7. The Balaban J connectivity index is 1.28. The van der Waals surface area contributed by atoms with Gasteiger partial charge in [-0.25, -0.2) is 4.98 Å². The SMILES string of the molecule is O=C1CCCN1C1CCN(Cc2csc(C3CCCC3)n2)CC1. The highest BCUT2D eigenvalue weighted by molar-refractivity contribution is 7.09. The smallest absolute Gasteiger partial charge is 0.222 e. The highest BCUT2D eigenvalue weighted by atomic mass is 32.1. The van der Waals surface area contributed by atoms with Crippen LogP contribution < -0.4 is 0 Å². The number of piperidine rings is 1. The van der Waals surface area contributed by atoms with Crippen molar-refractivity contribution in [3.63, 3.8) is 0 Å². The Morgan fingerprint density at radius 2 is 1.87 bits per heavy atom. The van der Waals surface area contributed by atoms with E-state index in [0.717, 1.165) is 57.8 Å². The first-order chi connectivity index (χ1) is 11.3. The predicted octanol–water partition coefficient (Wildman–Crippen LogP) is 3.39. The molecule has 3 aliphatic rings. The third-order valence-electron chi connectivity index (χ3n) is 5.77. The first-order valence-electron chi connectivity index (χ1n) is 9.26. The lowest BCUT2D eigenvalue weighted by molar-refractivity contribution is -0.130. The van der Waals surface area contributed by atoms with E-state index in [4.69, 9.17) is 4.98 Å². The molecule has 0 radical (unpaired) electrons. The van der Waals surface area contributed by atoms with Crippen LogP contribution in [0, 0.1) is 0 Å². The number of rotatable bonds is 4. The van der Waals surface area contributed by atoms with Gasteiger partial charge in [0.25, 0.3) is 0 Å². The molecule has 0 spiro atoms. The van der Waals surface area contributed by atoms with Crippen LogP contribution in [0.3, 0.4) is 0 Å². The number of amides is 1. The summed E-state index contributed by atoms with van der Waals surface area (Å²) in [7, 11) is 0. The van der Waals surface area contributed by atoms with E-state index in [1.807, 2.05) is 11.3 Å². The van der Waals surface area contributed by atoms with Gasteiger partial charge in [-0.15, -0.1) is 11.3 Å². The second-order valence-corrected chi connectivity index (χ2v) is 8.25. The van der Waals surface area contributed by atoms with Gasteiger partial charge < -0.3 is 4.90 Å². The molecule has 3 heterocycles. The number of thiazole rings is 1. The third kappa shape index (κ3) is 3.45. The highest BCUT2D eigenvalue weighted by Gasteiger charge is 2.30. The van der Waals surface area contributed by atoms with Gasteiger partial charge in [0.05, 0.1) is 10.7 Å². The van der Waals surface area contributed by atoms with Crippen molar-refractivity contribution < 1.29 is 4.79 Å². The molecule has 0 bridgehead atoms. The number of hydrogen-bond acceptors (Lipinski definition) is 4. The maximum absolute atomic E-state index is 11.9. The fraction of sp³-hybridized carbons (Fsp3) is 0.778. The van der Waals surface area contributed by atoms with Crippen molar-refractivity contribution in [1.29, 1.82) is 0 Å². The molecule has 1 amide bonds. The molecule has 23 heavy (non-hydrogen) atoms. The molecule has 0 N–H and O–H groups in total. The van der Waals surface area contributed by atoms with Gasteiger partial charge in [0.15, 0.2) is 0 Å². The number of likely N-dealkylation sites (tertiary alicyclic amines) is 2. The van der Waals surface area contributed by atoms with E-state index >= 15 is 0 Å². The molecule has 0 unspecified atom stereocenters. The van der Waals surface area contributed by atoms with E-state index in [-0.39, 0.29) is 0 Å². The van der Waals surface area contributed by atoms with Gasteiger partial charge in [-0.05, 0) is 32.1 Å². The summed E-state index contributed by atoms with van der Waals surface area (Å²) in [6.45, 7) is 4.18. The second kappa shape index (κ2) is 6.89. The standard InChI is InChI=1S/C18H27N3OS/c22-17-6-3-9-21(17)16-7-10-20(11-8-16)12-15-13-23-18(19-15)14-4-1-2-5-14/h13-14,16H,1-12H2. The van der Waals surface area contributed by atoms with Crippen molar-refractivity contribution in [2.45, 2.75) is 69.9 Å². The molecular formula is C18H27N3OS. The molecule has 1 aromatic rings. The van der Waals surface area contributed by atoms with Crippen molar-refractivity contribution in [3.05, 3.63) is 16.1 Å². The number of nitrogens with zero attached hydrogens (tertiary/aromatic N) is 3. The maximum atomic E-state index is 11.9. The topological polar surface area (TPSA) is 36.4 Å². The molecule has 126 valence electrons. The van der Waals surface area contributed by atoms with Gasteiger partial charge in [-0.1, -0.05) is 12.8 Å². The number of aromatic nitrogens is 1. The van der Waals surface area contributed by atoms with Gasteiger partial charge in [0.1, 0.15) is 0 Å². The van der Waals surface area contributed by atoms with Gasteiger partial charge >= 0.3 is 0 Å². The molecule has 0 atom stereocenters. The van der Waals surface area contributed by atoms with Crippen molar-refractivity contribution >= 4 is 17.2 Å². The number of carbonyl (C=O) groups excluding carboxylic acids is 1. The molecule has 1 aliphatic carbocycles. The van der Waals surface area contributed by atoms with E-state index in [0.29, 0.717) is 11.9 Å². The lowest BCUT2D eigenvalue weighted by Crippen LogP contribution is -2.45. The summed E-state index contributed by atoms with van der Waals surface area (Å²) in [6.07, 6.45) is 9.51. The summed E-state index contributed by atoms with van der Waals surface area (Å²) < 4.78 is 0. The summed E-state index contributed by atoms with van der Waals surface area (Å²) in [5.74, 6) is 1.12. The minimum Gasteiger partial charge on any atom is -0.340 e. The zero-order chi connectivity index (χ0) is 15.6. The lowest BCUT2D eigenvalue weighted by atomic mass is 10.0. The molecule has 1 saturated carbocycles. The average Bonchev–Trinajstić information content (AvgIpc) is 3.29. The molecular weight excluding hydrogens is 306 g/mol. The molecule has 4 nitrogen and oxygen atoms in total. The summed E-state index contributed by atoms with van der Waals surface area (Å²) in [4.78, 5) is 21.4. The van der Waals surface area contributed by atoms with E-state index in [2.05, 4.69) is 15.2 Å². The van der Waals surface area contributed by atoms with Crippen LogP contribution in [0.15, 0.2) is 5.38 Å². The summed E-state index contributed by atoms with van der Waals surface area (Å²) in [5.41, 5.74) is 1.26. The van der Waals surface area contributed by atoms with Crippen LogP contribution >= 0.6 is 11.3 Å². The number of carbonyl (C=O) groups is 1. The van der Waals surface area contributed by atoms with E-state index in [1.54, 1.807) is 0 Å². The Labute approximate surface area is 142 Å². The van der Waals surface area contributed by atoms with Gasteiger partial charge in [-0.2, -0.15) is 0 Å². The quantitative estimate of drug-likeness (QED) is 0.847. The molecule has 5 heteroatoms. The molecule has 0 aromatic carbocycles.